The van der Waals surface area contributed by atoms with Crippen LogP contribution in [0, 0.1) is 16.7 Å². The highest BCUT2D eigenvalue weighted by Gasteiger charge is 2.45. The van der Waals surface area contributed by atoms with E-state index in [2.05, 4.69) is 6.07 Å². The predicted molar refractivity (Wildman–Crippen MR) is 60.4 cm³/mol. The molecule has 0 unspecified atom stereocenters. The van der Waals surface area contributed by atoms with Gasteiger partial charge in [-0.05, 0) is 26.7 Å². The summed E-state index contributed by atoms with van der Waals surface area (Å²) in [6.45, 7) is 3.49. The number of aliphatic hydroxyl groups is 1. The third-order valence-corrected chi connectivity index (χ3v) is 3.68. The Kier molecular flexibility index (Phi) is 3.59. The number of rotatable bonds is 3. The summed E-state index contributed by atoms with van der Waals surface area (Å²) in [6, 6.07) is 2.18. The number of aliphatic hydroxyl groups excluding tert-OH is 1. The average molecular weight is 224 g/mol. The maximum Gasteiger partial charge on any atom is 0.243 e. The summed E-state index contributed by atoms with van der Waals surface area (Å²) in [7, 11) is 1.66. The zero-order valence-electron chi connectivity index (χ0n) is 10.3. The number of carbonyl (C=O) groups excluding carboxylic acids is 1. The van der Waals surface area contributed by atoms with Gasteiger partial charge in [-0.25, -0.2) is 0 Å². The summed E-state index contributed by atoms with van der Waals surface area (Å²) in [5, 5.41) is 18.5. The Hall–Kier alpha value is -1.08. The first-order valence-corrected chi connectivity index (χ1v) is 5.70. The second-order valence-corrected chi connectivity index (χ2v) is 5.24. The van der Waals surface area contributed by atoms with Gasteiger partial charge in [0.2, 0.25) is 5.91 Å². The van der Waals surface area contributed by atoms with Crippen LogP contribution in [0.5, 0.6) is 0 Å². The fraction of sp³-hybridized carbons (Fsp3) is 0.833. The van der Waals surface area contributed by atoms with E-state index < -0.39 is 11.0 Å². The lowest BCUT2D eigenvalue weighted by Crippen LogP contribution is -2.52. The van der Waals surface area contributed by atoms with E-state index in [9.17, 15) is 15.2 Å². The van der Waals surface area contributed by atoms with E-state index in [1.54, 1.807) is 20.9 Å². The molecule has 0 bridgehead atoms. The third-order valence-electron chi connectivity index (χ3n) is 3.68. The second-order valence-electron chi connectivity index (χ2n) is 5.24. The van der Waals surface area contributed by atoms with Crippen molar-refractivity contribution in [2.45, 2.75) is 45.1 Å². The Morgan fingerprint density at radius 1 is 1.50 bits per heavy atom. The lowest BCUT2D eigenvalue weighted by atomic mass is 9.85. The van der Waals surface area contributed by atoms with E-state index in [1.807, 2.05) is 0 Å². The normalized spacial score (nSPS) is 19.2. The molecule has 1 saturated carbocycles. The molecular formula is C12H20N2O2. The van der Waals surface area contributed by atoms with Gasteiger partial charge in [-0.2, -0.15) is 5.26 Å². The minimum atomic E-state index is -0.846. The van der Waals surface area contributed by atoms with Crippen LogP contribution in [-0.4, -0.2) is 35.1 Å². The summed E-state index contributed by atoms with van der Waals surface area (Å²) in [4.78, 5) is 13.8. The quantitative estimate of drug-likeness (QED) is 0.785. The smallest absolute Gasteiger partial charge is 0.243 e. The minimum Gasteiger partial charge on any atom is -0.394 e. The van der Waals surface area contributed by atoms with Gasteiger partial charge in [-0.15, -0.1) is 0 Å². The molecule has 1 fully saturated rings. The van der Waals surface area contributed by atoms with Crippen LogP contribution in [0.1, 0.15) is 39.5 Å². The van der Waals surface area contributed by atoms with E-state index >= 15 is 0 Å². The van der Waals surface area contributed by atoms with Gasteiger partial charge >= 0.3 is 0 Å². The largest absolute Gasteiger partial charge is 0.394 e. The molecule has 0 heterocycles. The van der Waals surface area contributed by atoms with E-state index in [4.69, 9.17) is 0 Å². The first kappa shape index (κ1) is 13.0. The molecule has 0 aromatic carbocycles. The van der Waals surface area contributed by atoms with Crippen molar-refractivity contribution in [3.8, 4) is 6.07 Å². The van der Waals surface area contributed by atoms with Crippen molar-refractivity contribution in [3.05, 3.63) is 0 Å². The van der Waals surface area contributed by atoms with E-state index in [0.29, 0.717) is 12.8 Å². The molecule has 0 spiro atoms. The number of nitrogens with zero attached hydrogens (tertiary/aromatic N) is 2. The Labute approximate surface area is 96.9 Å². The third kappa shape index (κ3) is 2.05. The zero-order valence-corrected chi connectivity index (χ0v) is 10.3. The molecule has 0 aromatic rings. The molecule has 4 heteroatoms. The molecular weight excluding hydrogens is 204 g/mol. The highest BCUT2D eigenvalue weighted by molar-refractivity contribution is 5.86. The predicted octanol–water partition coefficient (Wildman–Crippen LogP) is 1.30. The van der Waals surface area contributed by atoms with Gasteiger partial charge in [0.1, 0.15) is 5.41 Å². The number of amides is 1. The van der Waals surface area contributed by atoms with Gasteiger partial charge in [-0.1, -0.05) is 12.8 Å². The fourth-order valence-electron chi connectivity index (χ4n) is 2.05. The van der Waals surface area contributed by atoms with Crippen molar-refractivity contribution in [2.75, 3.05) is 13.7 Å². The summed E-state index contributed by atoms with van der Waals surface area (Å²) >= 11 is 0. The SMILES string of the molecule is CN(C(=O)C1(C#N)CCCC1)C(C)(C)CO. The number of likely N-dealkylation sites (N-methyl/N-ethyl adjacent to an activating group) is 1. The number of hydrogen-bond acceptors (Lipinski definition) is 3. The Bertz CT molecular complexity index is 311. The molecule has 0 aromatic heterocycles. The maximum atomic E-state index is 12.3. The van der Waals surface area contributed by atoms with Crippen molar-refractivity contribution < 1.29 is 9.90 Å². The summed E-state index contributed by atoms with van der Waals surface area (Å²) in [6.07, 6.45) is 3.17. The average Bonchev–Trinajstić information content (AvgIpc) is 2.76. The van der Waals surface area contributed by atoms with Crippen molar-refractivity contribution in [3.63, 3.8) is 0 Å². The molecule has 1 rings (SSSR count). The van der Waals surface area contributed by atoms with Crippen LogP contribution in [0.2, 0.25) is 0 Å². The van der Waals surface area contributed by atoms with Crippen LogP contribution in [-0.2, 0) is 4.79 Å². The van der Waals surface area contributed by atoms with Gasteiger partial charge in [0, 0.05) is 7.05 Å². The zero-order chi connectivity index (χ0) is 12.4. The molecule has 1 amide bonds. The van der Waals surface area contributed by atoms with Crippen LogP contribution in [0.25, 0.3) is 0 Å². The lowest BCUT2D eigenvalue weighted by molar-refractivity contribution is -0.143. The molecule has 90 valence electrons. The molecule has 0 aliphatic heterocycles. The first-order chi connectivity index (χ1) is 7.39. The molecule has 0 radical (unpaired) electrons. The first-order valence-electron chi connectivity index (χ1n) is 5.70. The van der Waals surface area contributed by atoms with Crippen molar-refractivity contribution >= 4 is 5.91 Å². The van der Waals surface area contributed by atoms with Gasteiger partial charge in [0.25, 0.3) is 0 Å². The van der Waals surface area contributed by atoms with E-state index in [-0.39, 0.29) is 12.5 Å². The van der Waals surface area contributed by atoms with Crippen molar-refractivity contribution in [2.24, 2.45) is 5.41 Å². The summed E-state index contributed by atoms with van der Waals surface area (Å²) in [5.74, 6) is -0.147. The van der Waals surface area contributed by atoms with Gasteiger partial charge in [-0.3, -0.25) is 4.79 Å². The molecule has 0 saturated heterocycles. The molecule has 1 aliphatic carbocycles. The van der Waals surface area contributed by atoms with Crippen molar-refractivity contribution in [1.29, 1.82) is 5.26 Å². The van der Waals surface area contributed by atoms with Crippen LogP contribution in [0.15, 0.2) is 0 Å². The standard InChI is InChI=1S/C12H20N2O2/c1-11(2,9-15)14(3)10(16)12(8-13)6-4-5-7-12/h15H,4-7,9H2,1-3H3. The highest BCUT2D eigenvalue weighted by atomic mass is 16.3. The molecule has 0 atom stereocenters. The topological polar surface area (TPSA) is 64.3 Å². The monoisotopic (exact) mass is 224 g/mol. The van der Waals surface area contributed by atoms with E-state index in [1.165, 1.54) is 4.90 Å². The second kappa shape index (κ2) is 4.42. The van der Waals surface area contributed by atoms with Gasteiger partial charge in [0.15, 0.2) is 0 Å². The summed E-state index contributed by atoms with van der Waals surface area (Å²) in [5.41, 5.74) is -1.45. The lowest BCUT2D eigenvalue weighted by Gasteiger charge is -2.37. The van der Waals surface area contributed by atoms with Crippen LogP contribution in [0.3, 0.4) is 0 Å². The van der Waals surface area contributed by atoms with Crippen LogP contribution >= 0.6 is 0 Å². The summed E-state index contributed by atoms with van der Waals surface area (Å²) < 4.78 is 0. The highest BCUT2D eigenvalue weighted by Crippen LogP contribution is 2.39. The van der Waals surface area contributed by atoms with Gasteiger partial charge < -0.3 is 10.0 Å². The van der Waals surface area contributed by atoms with Gasteiger partial charge in [0.05, 0.1) is 18.2 Å². The number of carbonyl (C=O) groups is 1. The minimum absolute atomic E-state index is 0.100. The number of nitriles is 1. The Morgan fingerprint density at radius 2 is 2.00 bits per heavy atom. The molecule has 4 nitrogen and oxygen atoms in total. The molecule has 16 heavy (non-hydrogen) atoms. The Balaban J connectivity index is 2.89. The fourth-order valence-corrected chi connectivity index (χ4v) is 2.05. The molecule has 1 N–H and O–H groups in total. The van der Waals surface area contributed by atoms with Crippen molar-refractivity contribution in [1.82, 2.24) is 4.90 Å². The van der Waals surface area contributed by atoms with E-state index in [0.717, 1.165) is 12.8 Å². The van der Waals surface area contributed by atoms with Crippen LogP contribution in [0.4, 0.5) is 0 Å². The van der Waals surface area contributed by atoms with Crippen LogP contribution < -0.4 is 0 Å². The maximum absolute atomic E-state index is 12.3. The molecule has 1 aliphatic rings. The number of hydrogen-bond donors (Lipinski definition) is 1. The Morgan fingerprint density at radius 3 is 2.38 bits per heavy atom.